The van der Waals surface area contributed by atoms with Crippen LogP contribution in [-0.2, 0) is 0 Å². The summed E-state index contributed by atoms with van der Waals surface area (Å²) in [4.78, 5) is 0. The Morgan fingerprint density at radius 2 is 0.882 bits per heavy atom. The molecule has 0 amide bonds. The van der Waals surface area contributed by atoms with Gasteiger partial charge in [-0.05, 0) is 37.5 Å². The molecule has 0 aromatic heterocycles. The van der Waals surface area contributed by atoms with Crippen LogP contribution >= 0.6 is 0 Å². The van der Waals surface area contributed by atoms with E-state index in [2.05, 4.69) is 12.8 Å². The second kappa shape index (κ2) is 8.16. The summed E-state index contributed by atoms with van der Waals surface area (Å²) in [6, 6.07) is 0. The van der Waals surface area contributed by atoms with E-state index in [4.69, 9.17) is 0 Å². The number of fused-ring (bicyclic) bond motifs is 12. The zero-order valence-corrected chi connectivity index (χ0v) is 11.5. The van der Waals surface area contributed by atoms with Gasteiger partial charge in [-0.1, -0.05) is 70.6 Å². The topological polar surface area (TPSA) is 0 Å². The maximum absolute atomic E-state index is 2.66. The van der Waals surface area contributed by atoms with Crippen LogP contribution in [0.3, 0.4) is 0 Å². The van der Waals surface area contributed by atoms with Gasteiger partial charge in [0.1, 0.15) is 0 Å². The molecule has 3 fully saturated rings. The van der Waals surface area contributed by atoms with E-state index in [1.54, 1.807) is 0 Å². The summed E-state index contributed by atoms with van der Waals surface area (Å²) in [7, 11) is 0. The van der Waals surface area contributed by atoms with E-state index in [9.17, 15) is 0 Å². The Bertz CT molecular complexity index is 133. The fourth-order valence-electron chi connectivity index (χ4n) is 3.56. The quantitative estimate of drug-likeness (QED) is 0.502. The van der Waals surface area contributed by atoms with Crippen LogP contribution in [0.25, 0.3) is 0 Å². The van der Waals surface area contributed by atoms with Crippen molar-refractivity contribution in [1.29, 1.82) is 0 Å². The fraction of sp³-hybridized carbons (Fsp3) is 0.882. The third-order valence-electron chi connectivity index (χ3n) is 4.71. The fourth-order valence-corrected chi connectivity index (χ4v) is 3.56. The Hall–Kier alpha value is 0. The molecule has 0 unspecified atom stereocenters. The van der Waals surface area contributed by atoms with Crippen molar-refractivity contribution in [2.75, 3.05) is 0 Å². The molecule has 0 saturated heterocycles. The average molecular weight is 234 g/mol. The van der Waals surface area contributed by atoms with Gasteiger partial charge in [-0.3, -0.25) is 0 Å². The molecule has 0 aromatic carbocycles. The molecular formula is C17H30. The van der Waals surface area contributed by atoms with Gasteiger partial charge in [0.25, 0.3) is 0 Å². The van der Waals surface area contributed by atoms with Gasteiger partial charge in [-0.15, -0.1) is 0 Å². The summed E-state index contributed by atoms with van der Waals surface area (Å²) in [5.74, 6) is 1.90. The lowest BCUT2D eigenvalue weighted by Gasteiger charge is -2.22. The monoisotopic (exact) mass is 234 g/mol. The van der Waals surface area contributed by atoms with Gasteiger partial charge < -0.3 is 0 Å². The van der Waals surface area contributed by atoms with Gasteiger partial charge in [-0.25, -0.2) is 0 Å². The van der Waals surface area contributed by atoms with Crippen LogP contribution in [0.1, 0.15) is 83.5 Å². The Kier molecular flexibility index (Phi) is 6.45. The third-order valence-corrected chi connectivity index (χ3v) is 4.71. The van der Waals surface area contributed by atoms with Crippen LogP contribution in [0.4, 0.5) is 0 Å². The lowest BCUT2D eigenvalue weighted by molar-refractivity contribution is 0.379. The summed E-state index contributed by atoms with van der Waals surface area (Å²) < 4.78 is 0. The maximum atomic E-state index is 2.66. The van der Waals surface area contributed by atoms with Crippen molar-refractivity contribution in [3.05, 3.63) is 12.8 Å². The minimum absolute atomic E-state index is 0.949. The highest BCUT2D eigenvalue weighted by Gasteiger charge is 2.14. The second-order valence-corrected chi connectivity index (χ2v) is 6.20. The highest BCUT2D eigenvalue weighted by atomic mass is 14.2. The van der Waals surface area contributed by atoms with Crippen molar-refractivity contribution >= 4 is 0 Å². The van der Waals surface area contributed by atoms with Crippen LogP contribution in [0, 0.1) is 24.7 Å². The largest absolute Gasteiger partial charge is 0.0533 e. The normalized spacial score (nSPS) is 33.9. The van der Waals surface area contributed by atoms with E-state index in [0.717, 1.165) is 11.8 Å². The molecule has 3 rings (SSSR count). The first-order valence-electron chi connectivity index (χ1n) is 8.12. The Morgan fingerprint density at radius 1 is 0.471 bits per heavy atom. The molecule has 0 heteroatoms. The zero-order valence-electron chi connectivity index (χ0n) is 11.5. The van der Waals surface area contributed by atoms with Gasteiger partial charge >= 0.3 is 0 Å². The van der Waals surface area contributed by atoms with Gasteiger partial charge in [-0.2, -0.15) is 0 Å². The lowest BCUT2D eigenvalue weighted by atomic mass is 9.84. The number of hydrogen-bond acceptors (Lipinski definition) is 0. The molecule has 3 aliphatic rings. The van der Waals surface area contributed by atoms with E-state index in [1.807, 2.05) is 0 Å². The van der Waals surface area contributed by atoms with Crippen molar-refractivity contribution in [3.63, 3.8) is 0 Å². The van der Waals surface area contributed by atoms with Crippen LogP contribution in [-0.4, -0.2) is 0 Å². The molecule has 0 nitrogen and oxygen atoms in total. The molecule has 17 heavy (non-hydrogen) atoms. The minimum atomic E-state index is 0.949. The van der Waals surface area contributed by atoms with Crippen molar-refractivity contribution in [2.45, 2.75) is 83.5 Å². The Morgan fingerprint density at radius 3 is 1.29 bits per heavy atom. The van der Waals surface area contributed by atoms with Crippen LogP contribution in [0.5, 0.6) is 0 Å². The lowest BCUT2D eigenvalue weighted by Crippen LogP contribution is -2.08. The molecule has 0 N–H and O–H groups in total. The van der Waals surface area contributed by atoms with E-state index < -0.39 is 0 Å². The maximum Gasteiger partial charge on any atom is -0.0355 e. The number of rotatable bonds is 0. The summed E-state index contributed by atoms with van der Waals surface area (Å²) >= 11 is 0. The highest BCUT2D eigenvalue weighted by molar-refractivity contribution is 4.82. The molecule has 0 spiro atoms. The predicted octanol–water partition coefficient (Wildman–Crippen LogP) is 5.73. The minimum Gasteiger partial charge on any atom is -0.0533 e. The Balaban J connectivity index is 1.90. The molecule has 0 heterocycles. The molecular weight excluding hydrogens is 204 g/mol. The number of hydrogen-bond donors (Lipinski definition) is 0. The van der Waals surface area contributed by atoms with Crippen molar-refractivity contribution in [1.82, 2.24) is 0 Å². The highest BCUT2D eigenvalue weighted by Crippen LogP contribution is 2.29. The molecule has 98 valence electrons. The molecule has 3 aliphatic carbocycles. The van der Waals surface area contributed by atoms with E-state index >= 15 is 0 Å². The van der Waals surface area contributed by atoms with Crippen LogP contribution < -0.4 is 0 Å². The summed E-state index contributed by atoms with van der Waals surface area (Å²) in [6.45, 7) is 0. The zero-order chi connectivity index (χ0) is 11.8. The van der Waals surface area contributed by atoms with Gasteiger partial charge in [0, 0.05) is 0 Å². The summed E-state index contributed by atoms with van der Waals surface area (Å²) in [6.07, 6.45) is 24.3. The van der Waals surface area contributed by atoms with Crippen molar-refractivity contribution in [3.8, 4) is 0 Å². The first-order chi connectivity index (χ1) is 8.45. The van der Waals surface area contributed by atoms with E-state index in [1.165, 1.54) is 83.5 Å². The molecule has 2 bridgehead atoms. The van der Waals surface area contributed by atoms with Crippen molar-refractivity contribution < 1.29 is 0 Å². The third kappa shape index (κ3) is 5.44. The SMILES string of the molecule is [CH]1CCC[CH]C2CCCCCC1CCCCC2. The first-order valence-corrected chi connectivity index (χ1v) is 8.12. The molecule has 3 saturated carbocycles. The molecule has 0 aromatic rings. The van der Waals surface area contributed by atoms with Gasteiger partial charge in [0.15, 0.2) is 0 Å². The average Bonchev–Trinajstić information content (AvgIpc) is 2.29. The summed E-state index contributed by atoms with van der Waals surface area (Å²) in [5, 5.41) is 0. The second-order valence-electron chi connectivity index (χ2n) is 6.20. The van der Waals surface area contributed by atoms with Crippen molar-refractivity contribution in [2.24, 2.45) is 11.8 Å². The standard InChI is InChI=1S/C17H30/c1-4-10-16-12-6-2-7-13-17(11-5-1)15-9-3-8-14-16/h10-11,16-17H,1-9,12-15H2. The molecule has 0 aliphatic heterocycles. The van der Waals surface area contributed by atoms with Crippen LogP contribution in [0.15, 0.2) is 0 Å². The van der Waals surface area contributed by atoms with Gasteiger partial charge in [0.05, 0.1) is 0 Å². The molecule has 2 radical (unpaired) electrons. The molecule has 0 atom stereocenters. The Labute approximate surface area is 109 Å². The van der Waals surface area contributed by atoms with E-state index in [-0.39, 0.29) is 0 Å². The first kappa shape index (κ1) is 13.4. The summed E-state index contributed by atoms with van der Waals surface area (Å²) in [5.41, 5.74) is 0. The van der Waals surface area contributed by atoms with Gasteiger partial charge in [0.2, 0.25) is 0 Å². The van der Waals surface area contributed by atoms with Crippen LogP contribution in [0.2, 0.25) is 0 Å². The predicted molar refractivity (Wildman–Crippen MR) is 75.6 cm³/mol. The van der Waals surface area contributed by atoms with E-state index in [0.29, 0.717) is 0 Å². The smallest absolute Gasteiger partial charge is 0.0355 e.